The lowest BCUT2D eigenvalue weighted by Gasteiger charge is -2.09. The van der Waals surface area contributed by atoms with Gasteiger partial charge in [0.2, 0.25) is 0 Å². The van der Waals surface area contributed by atoms with E-state index in [9.17, 15) is 9.59 Å². The predicted molar refractivity (Wildman–Crippen MR) is 76.6 cm³/mol. The van der Waals surface area contributed by atoms with Crippen LogP contribution >= 0.6 is 0 Å². The SMILES string of the molecule is CC(C)C(=O)OCCOC(=O)c1ccc(C(C)C)cc1. The van der Waals surface area contributed by atoms with Gasteiger partial charge in [-0.05, 0) is 23.6 Å². The quantitative estimate of drug-likeness (QED) is 0.592. The second-order valence-electron chi connectivity index (χ2n) is 5.23. The summed E-state index contributed by atoms with van der Waals surface area (Å²) in [7, 11) is 0. The van der Waals surface area contributed by atoms with E-state index in [1.807, 2.05) is 12.1 Å². The topological polar surface area (TPSA) is 52.6 Å². The van der Waals surface area contributed by atoms with E-state index >= 15 is 0 Å². The molecule has 0 heterocycles. The Kier molecular flexibility index (Phi) is 6.22. The average molecular weight is 278 g/mol. The van der Waals surface area contributed by atoms with E-state index in [0.29, 0.717) is 11.5 Å². The highest BCUT2D eigenvalue weighted by molar-refractivity contribution is 5.89. The third kappa shape index (κ3) is 5.03. The molecule has 0 saturated heterocycles. The van der Waals surface area contributed by atoms with Gasteiger partial charge < -0.3 is 9.47 Å². The molecule has 0 aliphatic heterocycles. The molecule has 0 fully saturated rings. The molecule has 0 N–H and O–H groups in total. The highest BCUT2D eigenvalue weighted by Gasteiger charge is 2.10. The maximum Gasteiger partial charge on any atom is 0.338 e. The third-order valence-electron chi connectivity index (χ3n) is 2.85. The van der Waals surface area contributed by atoms with Crippen molar-refractivity contribution >= 4 is 11.9 Å². The van der Waals surface area contributed by atoms with Gasteiger partial charge in [-0.3, -0.25) is 4.79 Å². The summed E-state index contributed by atoms with van der Waals surface area (Å²) in [4.78, 5) is 22.9. The summed E-state index contributed by atoms with van der Waals surface area (Å²) in [6, 6.07) is 7.33. The summed E-state index contributed by atoms with van der Waals surface area (Å²) >= 11 is 0. The molecule has 0 aliphatic rings. The van der Waals surface area contributed by atoms with Gasteiger partial charge in [0.1, 0.15) is 13.2 Å². The molecule has 0 amide bonds. The monoisotopic (exact) mass is 278 g/mol. The first-order valence-electron chi connectivity index (χ1n) is 6.85. The zero-order valence-corrected chi connectivity index (χ0v) is 12.5. The molecule has 0 aliphatic carbocycles. The first kappa shape index (κ1) is 16.2. The van der Waals surface area contributed by atoms with Crippen molar-refractivity contribution in [1.82, 2.24) is 0 Å². The fourth-order valence-corrected chi connectivity index (χ4v) is 1.53. The van der Waals surface area contributed by atoms with Crippen LogP contribution in [0, 0.1) is 5.92 Å². The molecular weight excluding hydrogens is 256 g/mol. The van der Waals surface area contributed by atoms with E-state index in [1.54, 1.807) is 26.0 Å². The van der Waals surface area contributed by atoms with Gasteiger partial charge in [-0.25, -0.2) is 4.79 Å². The summed E-state index contributed by atoms with van der Waals surface area (Å²) in [5.41, 5.74) is 1.68. The lowest BCUT2D eigenvalue weighted by atomic mass is 10.0. The minimum absolute atomic E-state index is 0.0726. The highest BCUT2D eigenvalue weighted by Crippen LogP contribution is 2.15. The third-order valence-corrected chi connectivity index (χ3v) is 2.85. The van der Waals surface area contributed by atoms with E-state index in [-0.39, 0.29) is 25.1 Å². The Hall–Kier alpha value is -1.84. The van der Waals surface area contributed by atoms with Gasteiger partial charge in [0.25, 0.3) is 0 Å². The van der Waals surface area contributed by atoms with Gasteiger partial charge in [0.15, 0.2) is 0 Å². The molecular formula is C16H22O4. The zero-order chi connectivity index (χ0) is 15.1. The van der Waals surface area contributed by atoms with Crippen molar-refractivity contribution in [3.8, 4) is 0 Å². The number of hydrogen-bond acceptors (Lipinski definition) is 4. The molecule has 0 radical (unpaired) electrons. The summed E-state index contributed by atoms with van der Waals surface area (Å²) in [5, 5.41) is 0. The molecule has 0 unspecified atom stereocenters. The van der Waals surface area contributed by atoms with Crippen LogP contribution in [0.4, 0.5) is 0 Å². The number of ether oxygens (including phenoxy) is 2. The van der Waals surface area contributed by atoms with Crippen LogP contribution in [-0.2, 0) is 14.3 Å². The number of carbonyl (C=O) groups excluding carboxylic acids is 2. The Morgan fingerprint density at radius 2 is 1.50 bits per heavy atom. The van der Waals surface area contributed by atoms with Crippen molar-refractivity contribution in [2.45, 2.75) is 33.6 Å². The fraction of sp³-hybridized carbons (Fsp3) is 0.500. The van der Waals surface area contributed by atoms with Crippen LogP contribution in [0.2, 0.25) is 0 Å². The normalized spacial score (nSPS) is 10.7. The van der Waals surface area contributed by atoms with Crippen LogP contribution in [0.15, 0.2) is 24.3 Å². The number of hydrogen-bond donors (Lipinski definition) is 0. The van der Waals surface area contributed by atoms with E-state index in [0.717, 1.165) is 0 Å². The molecule has 1 aromatic rings. The Bertz CT molecular complexity index is 446. The minimum Gasteiger partial charge on any atom is -0.462 e. The Morgan fingerprint density at radius 3 is 2.00 bits per heavy atom. The van der Waals surface area contributed by atoms with Crippen LogP contribution in [0.1, 0.15) is 49.5 Å². The molecule has 110 valence electrons. The molecule has 0 spiro atoms. The van der Waals surface area contributed by atoms with Gasteiger partial charge in [-0.2, -0.15) is 0 Å². The largest absolute Gasteiger partial charge is 0.462 e. The fourth-order valence-electron chi connectivity index (χ4n) is 1.53. The number of esters is 2. The van der Waals surface area contributed by atoms with E-state index in [4.69, 9.17) is 9.47 Å². The molecule has 4 heteroatoms. The molecule has 0 aromatic heterocycles. The van der Waals surface area contributed by atoms with Crippen molar-refractivity contribution in [3.63, 3.8) is 0 Å². The zero-order valence-electron chi connectivity index (χ0n) is 12.5. The van der Waals surface area contributed by atoms with Gasteiger partial charge in [-0.1, -0.05) is 39.8 Å². The number of carbonyl (C=O) groups is 2. The summed E-state index contributed by atoms with van der Waals surface area (Å²) in [6.45, 7) is 7.86. The lowest BCUT2D eigenvalue weighted by Crippen LogP contribution is -2.17. The molecule has 1 aromatic carbocycles. The molecule has 0 bridgehead atoms. The summed E-state index contributed by atoms with van der Waals surface area (Å²) < 4.78 is 9.97. The second-order valence-corrected chi connectivity index (χ2v) is 5.23. The maximum absolute atomic E-state index is 11.7. The average Bonchev–Trinajstić information content (AvgIpc) is 2.43. The predicted octanol–water partition coefficient (Wildman–Crippen LogP) is 3.17. The number of benzene rings is 1. The molecule has 4 nitrogen and oxygen atoms in total. The summed E-state index contributed by atoms with van der Waals surface area (Å²) in [6.07, 6.45) is 0. The van der Waals surface area contributed by atoms with Crippen molar-refractivity contribution in [3.05, 3.63) is 35.4 Å². The molecule has 0 saturated carbocycles. The van der Waals surface area contributed by atoms with Gasteiger partial charge >= 0.3 is 11.9 Å². The lowest BCUT2D eigenvalue weighted by molar-refractivity contribution is -0.148. The van der Waals surface area contributed by atoms with Crippen LogP contribution in [-0.4, -0.2) is 25.2 Å². The van der Waals surface area contributed by atoms with Crippen molar-refractivity contribution in [2.75, 3.05) is 13.2 Å². The Labute approximate surface area is 120 Å². The first-order valence-corrected chi connectivity index (χ1v) is 6.85. The smallest absolute Gasteiger partial charge is 0.338 e. The van der Waals surface area contributed by atoms with Gasteiger partial charge in [-0.15, -0.1) is 0 Å². The molecule has 0 atom stereocenters. The summed E-state index contributed by atoms with van der Waals surface area (Å²) in [5.74, 6) is -0.437. The minimum atomic E-state index is -0.402. The van der Waals surface area contributed by atoms with Crippen molar-refractivity contribution in [2.24, 2.45) is 5.92 Å². The van der Waals surface area contributed by atoms with Gasteiger partial charge in [0, 0.05) is 0 Å². The van der Waals surface area contributed by atoms with E-state index < -0.39 is 5.97 Å². The van der Waals surface area contributed by atoms with Crippen LogP contribution in [0.25, 0.3) is 0 Å². The highest BCUT2D eigenvalue weighted by atomic mass is 16.6. The van der Waals surface area contributed by atoms with E-state index in [1.165, 1.54) is 5.56 Å². The number of rotatable bonds is 6. The molecule has 20 heavy (non-hydrogen) atoms. The van der Waals surface area contributed by atoms with Crippen molar-refractivity contribution < 1.29 is 19.1 Å². The van der Waals surface area contributed by atoms with E-state index in [2.05, 4.69) is 13.8 Å². The Balaban J connectivity index is 2.38. The van der Waals surface area contributed by atoms with Crippen LogP contribution < -0.4 is 0 Å². The van der Waals surface area contributed by atoms with Gasteiger partial charge in [0.05, 0.1) is 11.5 Å². The Morgan fingerprint density at radius 1 is 0.950 bits per heavy atom. The maximum atomic E-state index is 11.7. The van der Waals surface area contributed by atoms with Crippen molar-refractivity contribution in [1.29, 1.82) is 0 Å². The van der Waals surface area contributed by atoms with Crippen LogP contribution in [0.3, 0.4) is 0 Å². The van der Waals surface area contributed by atoms with Crippen LogP contribution in [0.5, 0.6) is 0 Å². The molecule has 1 rings (SSSR count). The standard InChI is InChI=1S/C16H22O4/c1-11(2)13-5-7-14(8-6-13)16(18)20-10-9-19-15(17)12(3)4/h5-8,11-12H,9-10H2,1-4H3. The second kappa shape index (κ2) is 7.68. The first-order chi connectivity index (χ1) is 9.41.